The van der Waals surface area contributed by atoms with Gasteiger partial charge >= 0.3 is 0 Å². The zero-order valence-corrected chi connectivity index (χ0v) is 15.8. The van der Waals surface area contributed by atoms with E-state index in [0.29, 0.717) is 5.69 Å². The average molecular weight is 377 g/mol. The highest BCUT2D eigenvalue weighted by Gasteiger charge is 2.05. The molecule has 0 unspecified atom stereocenters. The Labute approximate surface area is 169 Å². The van der Waals surface area contributed by atoms with Crippen molar-refractivity contribution in [2.75, 3.05) is 5.32 Å². The summed E-state index contributed by atoms with van der Waals surface area (Å²) >= 11 is 0. The molecule has 0 fully saturated rings. The van der Waals surface area contributed by atoms with Gasteiger partial charge in [-0.3, -0.25) is 0 Å². The van der Waals surface area contributed by atoms with E-state index in [1.165, 1.54) is 0 Å². The molecule has 3 aromatic rings. The number of allylic oxidation sites excluding steroid dienone is 6. The van der Waals surface area contributed by atoms with Gasteiger partial charge in [0, 0.05) is 18.0 Å². The summed E-state index contributed by atoms with van der Waals surface area (Å²) in [5.74, 6) is 0.758. The highest BCUT2D eigenvalue weighted by molar-refractivity contribution is 5.69. The standard InChI is InChI=1S/C24H19N5/c25-16-22-14-19(11-12-26-22)13-18-7-9-21(10-8-18)29-24-15-23(27-17-28-24)20-5-3-1-2-4-6-20/h1-5,7-12,14-15,17H,6,13H2,(H,27,28,29). The third-order valence-corrected chi connectivity index (χ3v) is 4.56. The van der Waals surface area contributed by atoms with Gasteiger partial charge in [0.15, 0.2) is 0 Å². The number of nitrogens with zero attached hydrogens (tertiary/aromatic N) is 4. The average Bonchev–Trinajstić information content (AvgIpc) is 3.05. The molecule has 1 aliphatic rings. The Morgan fingerprint density at radius 2 is 1.83 bits per heavy atom. The quantitative estimate of drug-likeness (QED) is 0.679. The topological polar surface area (TPSA) is 74.5 Å². The first-order chi connectivity index (χ1) is 14.3. The lowest BCUT2D eigenvalue weighted by molar-refractivity contribution is 1.13. The van der Waals surface area contributed by atoms with Gasteiger partial charge < -0.3 is 5.32 Å². The minimum Gasteiger partial charge on any atom is -0.340 e. The molecule has 0 aliphatic heterocycles. The Morgan fingerprint density at radius 1 is 0.931 bits per heavy atom. The molecule has 0 saturated heterocycles. The van der Waals surface area contributed by atoms with Crippen molar-refractivity contribution in [3.63, 3.8) is 0 Å². The van der Waals surface area contributed by atoms with E-state index in [1.54, 1.807) is 12.5 Å². The predicted octanol–water partition coefficient (Wildman–Crippen LogP) is 4.98. The molecular formula is C24H19N5. The second-order valence-electron chi connectivity index (χ2n) is 6.66. The lowest BCUT2D eigenvalue weighted by Gasteiger charge is -2.09. The smallest absolute Gasteiger partial charge is 0.140 e. The summed E-state index contributed by atoms with van der Waals surface area (Å²) in [4.78, 5) is 12.8. The first kappa shape index (κ1) is 18.3. The molecular weight excluding hydrogens is 358 g/mol. The third kappa shape index (κ3) is 4.82. The van der Waals surface area contributed by atoms with Crippen LogP contribution < -0.4 is 5.32 Å². The van der Waals surface area contributed by atoms with Crippen molar-refractivity contribution in [2.24, 2.45) is 0 Å². The van der Waals surface area contributed by atoms with Gasteiger partial charge in [-0.25, -0.2) is 15.0 Å². The van der Waals surface area contributed by atoms with Crippen LogP contribution in [0.5, 0.6) is 0 Å². The lowest BCUT2D eigenvalue weighted by atomic mass is 10.0. The summed E-state index contributed by atoms with van der Waals surface area (Å²) in [7, 11) is 0. The van der Waals surface area contributed by atoms with Gasteiger partial charge in [-0.05, 0) is 53.8 Å². The predicted molar refractivity (Wildman–Crippen MR) is 114 cm³/mol. The molecule has 1 aromatic carbocycles. The van der Waals surface area contributed by atoms with Crippen molar-refractivity contribution >= 4 is 17.1 Å². The van der Waals surface area contributed by atoms with Crippen LogP contribution >= 0.6 is 0 Å². The van der Waals surface area contributed by atoms with Crippen molar-refractivity contribution in [3.05, 3.63) is 108 Å². The molecule has 0 radical (unpaired) electrons. The normalized spacial score (nSPS) is 12.7. The Morgan fingerprint density at radius 3 is 2.69 bits per heavy atom. The number of nitrogens with one attached hydrogen (secondary N) is 1. The SMILES string of the molecule is N#Cc1cc(Cc2ccc(Nc3cc(C4=CC=CC=CC4)ncn3)cc2)ccn1. The largest absolute Gasteiger partial charge is 0.340 e. The monoisotopic (exact) mass is 377 g/mol. The summed E-state index contributed by atoms with van der Waals surface area (Å²) in [6.07, 6.45) is 15.1. The number of nitriles is 1. The molecule has 5 nitrogen and oxygen atoms in total. The molecule has 5 heteroatoms. The molecule has 2 aromatic heterocycles. The zero-order valence-electron chi connectivity index (χ0n) is 15.8. The van der Waals surface area contributed by atoms with Crippen LogP contribution in [0.3, 0.4) is 0 Å². The number of hydrogen-bond acceptors (Lipinski definition) is 5. The number of pyridine rings is 1. The Bertz CT molecular complexity index is 1130. The summed E-state index contributed by atoms with van der Waals surface area (Å²) in [6.45, 7) is 0. The summed E-state index contributed by atoms with van der Waals surface area (Å²) in [5.41, 5.74) is 5.70. The molecule has 2 heterocycles. The second kappa shape index (κ2) is 8.77. The van der Waals surface area contributed by atoms with Gasteiger partial charge in [0.25, 0.3) is 0 Å². The molecule has 140 valence electrons. The molecule has 4 rings (SSSR count). The van der Waals surface area contributed by atoms with E-state index in [0.717, 1.165) is 46.7 Å². The highest BCUT2D eigenvalue weighted by atomic mass is 15.0. The van der Waals surface area contributed by atoms with E-state index in [2.05, 4.69) is 50.6 Å². The van der Waals surface area contributed by atoms with Crippen LogP contribution in [0.4, 0.5) is 11.5 Å². The van der Waals surface area contributed by atoms with Gasteiger partial charge in [0.05, 0.1) is 5.69 Å². The number of rotatable bonds is 5. The zero-order chi connectivity index (χ0) is 19.9. The van der Waals surface area contributed by atoms with E-state index in [4.69, 9.17) is 5.26 Å². The first-order valence-electron chi connectivity index (χ1n) is 9.36. The maximum absolute atomic E-state index is 8.98. The maximum Gasteiger partial charge on any atom is 0.140 e. The molecule has 1 aliphatic carbocycles. The van der Waals surface area contributed by atoms with Crippen molar-refractivity contribution < 1.29 is 0 Å². The summed E-state index contributed by atoms with van der Waals surface area (Å²) < 4.78 is 0. The molecule has 1 N–H and O–H groups in total. The number of aromatic nitrogens is 3. The minimum absolute atomic E-state index is 0.440. The van der Waals surface area contributed by atoms with Gasteiger partial charge in [-0.1, -0.05) is 42.5 Å². The molecule has 0 spiro atoms. The summed E-state index contributed by atoms with van der Waals surface area (Å²) in [5, 5.41) is 12.3. The van der Waals surface area contributed by atoms with E-state index in [9.17, 15) is 0 Å². The van der Waals surface area contributed by atoms with Crippen LogP contribution in [0.15, 0.2) is 85.4 Å². The van der Waals surface area contributed by atoms with E-state index in [1.807, 2.05) is 48.6 Å². The fourth-order valence-electron chi connectivity index (χ4n) is 3.10. The number of hydrogen-bond donors (Lipinski definition) is 1. The Balaban J connectivity index is 1.46. The van der Waals surface area contributed by atoms with Crippen LogP contribution in [0.25, 0.3) is 5.57 Å². The van der Waals surface area contributed by atoms with Gasteiger partial charge in [0.1, 0.15) is 23.9 Å². The van der Waals surface area contributed by atoms with Gasteiger partial charge in [-0.2, -0.15) is 5.26 Å². The second-order valence-corrected chi connectivity index (χ2v) is 6.66. The summed E-state index contributed by atoms with van der Waals surface area (Å²) in [6, 6.07) is 16.0. The van der Waals surface area contributed by atoms with E-state index < -0.39 is 0 Å². The van der Waals surface area contributed by atoms with Crippen LogP contribution in [0, 0.1) is 11.3 Å². The fourth-order valence-corrected chi connectivity index (χ4v) is 3.10. The van der Waals surface area contributed by atoms with Crippen molar-refractivity contribution in [1.29, 1.82) is 5.26 Å². The van der Waals surface area contributed by atoms with Crippen LogP contribution in [0.1, 0.15) is 28.9 Å². The van der Waals surface area contributed by atoms with E-state index in [-0.39, 0.29) is 0 Å². The van der Waals surface area contributed by atoms with Gasteiger partial charge in [0.2, 0.25) is 0 Å². The minimum atomic E-state index is 0.440. The number of benzene rings is 1. The maximum atomic E-state index is 8.98. The van der Waals surface area contributed by atoms with Crippen molar-refractivity contribution in [3.8, 4) is 6.07 Å². The molecule has 0 amide bonds. The Hall–Kier alpha value is -4.04. The van der Waals surface area contributed by atoms with Crippen molar-refractivity contribution in [2.45, 2.75) is 12.8 Å². The van der Waals surface area contributed by atoms with Crippen LogP contribution in [-0.2, 0) is 6.42 Å². The van der Waals surface area contributed by atoms with Gasteiger partial charge in [-0.15, -0.1) is 0 Å². The molecule has 0 saturated carbocycles. The first-order valence-corrected chi connectivity index (χ1v) is 9.36. The Kier molecular flexibility index (Phi) is 5.54. The molecule has 0 atom stereocenters. The van der Waals surface area contributed by atoms with Crippen LogP contribution in [0.2, 0.25) is 0 Å². The van der Waals surface area contributed by atoms with E-state index >= 15 is 0 Å². The highest BCUT2D eigenvalue weighted by Crippen LogP contribution is 2.22. The van der Waals surface area contributed by atoms with Crippen molar-refractivity contribution in [1.82, 2.24) is 15.0 Å². The number of anilines is 2. The third-order valence-electron chi connectivity index (χ3n) is 4.56. The fraction of sp³-hybridized carbons (Fsp3) is 0.0833. The lowest BCUT2D eigenvalue weighted by Crippen LogP contribution is -1.98. The molecule has 0 bridgehead atoms. The molecule has 29 heavy (non-hydrogen) atoms. The van der Waals surface area contributed by atoms with Crippen LogP contribution in [-0.4, -0.2) is 15.0 Å².